The average Bonchev–Trinajstić information content (AvgIpc) is 3.23. The Morgan fingerprint density at radius 1 is 1.21 bits per heavy atom. The lowest BCUT2D eigenvalue weighted by Crippen LogP contribution is -2.39. The Morgan fingerprint density at radius 2 is 1.96 bits per heavy atom. The van der Waals surface area contributed by atoms with Crippen molar-refractivity contribution in [2.75, 3.05) is 0 Å². The second-order valence-corrected chi connectivity index (χ2v) is 8.43. The zero-order chi connectivity index (χ0) is 19.5. The van der Waals surface area contributed by atoms with Gasteiger partial charge in [-0.25, -0.2) is 14.8 Å². The number of hydrogen-bond acceptors (Lipinski definition) is 4. The summed E-state index contributed by atoms with van der Waals surface area (Å²) < 4.78 is 0. The third-order valence-electron chi connectivity index (χ3n) is 5.81. The lowest BCUT2D eigenvalue weighted by Gasteiger charge is -2.31. The van der Waals surface area contributed by atoms with Crippen molar-refractivity contribution in [1.82, 2.24) is 10.3 Å². The van der Waals surface area contributed by atoms with Gasteiger partial charge < -0.3 is 5.32 Å². The van der Waals surface area contributed by atoms with Crippen LogP contribution < -0.4 is 5.32 Å². The molecule has 2 heterocycles. The van der Waals surface area contributed by atoms with Crippen molar-refractivity contribution >= 4 is 23.1 Å². The van der Waals surface area contributed by atoms with Gasteiger partial charge in [-0.05, 0) is 37.0 Å². The van der Waals surface area contributed by atoms with Crippen LogP contribution in [0.4, 0.5) is 4.79 Å². The van der Waals surface area contributed by atoms with Crippen LogP contribution in [0.2, 0.25) is 0 Å². The van der Waals surface area contributed by atoms with Gasteiger partial charge in [0.1, 0.15) is 5.01 Å². The molecule has 2 unspecified atom stereocenters. The van der Waals surface area contributed by atoms with Crippen molar-refractivity contribution in [1.29, 1.82) is 5.26 Å². The average molecular weight is 393 g/mol. The van der Waals surface area contributed by atoms with Crippen molar-refractivity contribution in [3.8, 4) is 6.07 Å². The molecule has 1 fully saturated rings. The fourth-order valence-electron chi connectivity index (χ4n) is 4.30. The highest BCUT2D eigenvalue weighted by atomic mass is 32.1. The van der Waals surface area contributed by atoms with E-state index in [1.165, 1.54) is 37.8 Å². The molecule has 4 rings (SSSR count). The Balaban J connectivity index is 1.69. The van der Waals surface area contributed by atoms with E-state index in [4.69, 9.17) is 10.2 Å². The van der Waals surface area contributed by atoms with E-state index in [-0.39, 0.29) is 18.0 Å². The third kappa shape index (κ3) is 3.72. The number of aromatic nitrogens is 1. The molecule has 1 aromatic carbocycles. The van der Waals surface area contributed by atoms with Crippen LogP contribution in [0.5, 0.6) is 0 Å². The molecule has 0 radical (unpaired) electrons. The van der Waals surface area contributed by atoms with Crippen LogP contribution in [0.25, 0.3) is 0 Å². The number of thiazole rings is 1. The largest absolute Gasteiger partial charge is 0.341 e. The number of carbonyl (C=O) groups excluding carboxylic acids is 1. The van der Waals surface area contributed by atoms with Crippen molar-refractivity contribution in [2.45, 2.75) is 63.3 Å². The molecule has 2 atom stereocenters. The zero-order valence-electron chi connectivity index (χ0n) is 16.0. The Bertz CT molecular complexity index is 919. The summed E-state index contributed by atoms with van der Waals surface area (Å²) in [7, 11) is 0. The summed E-state index contributed by atoms with van der Waals surface area (Å²) >= 11 is 1.68. The number of aliphatic imine (C=N–C) groups is 1. The molecule has 28 heavy (non-hydrogen) atoms. The predicted molar refractivity (Wildman–Crippen MR) is 111 cm³/mol. The number of nitrogens with one attached hydrogen (secondary N) is 1. The predicted octanol–water partition coefficient (Wildman–Crippen LogP) is 5.46. The minimum atomic E-state index is -0.300. The van der Waals surface area contributed by atoms with E-state index in [9.17, 15) is 4.79 Å². The number of hydrogen-bond donors (Lipinski definition) is 1. The molecule has 0 spiro atoms. The highest BCUT2D eigenvalue weighted by Crippen LogP contribution is 2.40. The van der Waals surface area contributed by atoms with E-state index >= 15 is 0 Å². The van der Waals surface area contributed by atoms with Crippen LogP contribution in [0, 0.1) is 11.3 Å². The number of nitriles is 1. The Hall–Kier alpha value is -2.52. The fraction of sp³-hybridized carbons (Fsp3) is 0.455. The molecule has 2 aromatic rings. The third-order valence-corrected chi connectivity index (χ3v) is 6.75. The summed E-state index contributed by atoms with van der Waals surface area (Å²) in [6.07, 6.45) is 7.05. The molecule has 1 aliphatic heterocycles. The number of carbonyl (C=O) groups is 1. The van der Waals surface area contributed by atoms with Gasteiger partial charge in [-0.15, -0.1) is 11.3 Å². The maximum absolute atomic E-state index is 12.2. The van der Waals surface area contributed by atoms with E-state index in [0.29, 0.717) is 17.9 Å². The molecule has 2 aliphatic rings. The normalized spacial score (nSPS) is 23.0. The van der Waals surface area contributed by atoms with Gasteiger partial charge in [0.05, 0.1) is 29.3 Å². The first-order valence-electron chi connectivity index (χ1n) is 10.0. The van der Waals surface area contributed by atoms with Gasteiger partial charge in [0.2, 0.25) is 0 Å². The van der Waals surface area contributed by atoms with Crippen LogP contribution in [0.3, 0.4) is 0 Å². The van der Waals surface area contributed by atoms with Crippen LogP contribution in [-0.4, -0.2) is 16.7 Å². The number of amides is 2. The maximum atomic E-state index is 12.2. The molecule has 1 saturated carbocycles. The number of nitrogens with zero attached hydrogens (tertiary/aromatic N) is 3. The molecule has 5 nitrogen and oxygen atoms in total. The molecular weight excluding hydrogens is 368 g/mol. The first kappa shape index (κ1) is 18.8. The van der Waals surface area contributed by atoms with Gasteiger partial charge >= 0.3 is 6.03 Å². The van der Waals surface area contributed by atoms with E-state index < -0.39 is 0 Å². The summed E-state index contributed by atoms with van der Waals surface area (Å²) in [6, 6.07) is 9.07. The van der Waals surface area contributed by atoms with Crippen LogP contribution in [-0.2, 0) is 0 Å². The minimum Gasteiger partial charge on any atom is -0.328 e. The Labute approximate surface area is 169 Å². The first-order chi connectivity index (χ1) is 13.7. The SMILES string of the molecule is CCC1=NC(=O)NC(c2ccc(C#N)cc2)C1c1nc(C2CCCCC2)cs1. The molecule has 1 aromatic heterocycles. The first-order valence-corrected chi connectivity index (χ1v) is 10.9. The van der Waals surface area contributed by atoms with Crippen LogP contribution >= 0.6 is 11.3 Å². The second-order valence-electron chi connectivity index (χ2n) is 7.54. The number of rotatable bonds is 4. The van der Waals surface area contributed by atoms with E-state index in [1.54, 1.807) is 23.5 Å². The summed E-state index contributed by atoms with van der Waals surface area (Å²) in [5.74, 6) is 0.505. The molecule has 144 valence electrons. The van der Waals surface area contributed by atoms with Gasteiger partial charge in [-0.3, -0.25) is 0 Å². The Kier molecular flexibility index (Phi) is 5.54. The smallest absolute Gasteiger partial charge is 0.328 e. The lowest BCUT2D eigenvalue weighted by molar-refractivity contribution is 0.242. The van der Waals surface area contributed by atoms with E-state index in [1.807, 2.05) is 19.1 Å². The highest BCUT2D eigenvalue weighted by Gasteiger charge is 2.36. The van der Waals surface area contributed by atoms with Gasteiger partial charge in [0.15, 0.2) is 0 Å². The van der Waals surface area contributed by atoms with Crippen LogP contribution in [0.1, 0.15) is 85.2 Å². The second kappa shape index (κ2) is 8.24. The summed E-state index contributed by atoms with van der Waals surface area (Å²) in [6.45, 7) is 2.04. The quantitative estimate of drug-likeness (QED) is 0.750. The van der Waals surface area contributed by atoms with E-state index in [0.717, 1.165) is 16.3 Å². The summed E-state index contributed by atoms with van der Waals surface area (Å²) in [5.41, 5.74) is 3.67. The highest BCUT2D eigenvalue weighted by molar-refractivity contribution is 7.09. The molecule has 2 amide bonds. The maximum Gasteiger partial charge on any atom is 0.341 e. The molecule has 6 heteroatoms. The van der Waals surface area contributed by atoms with Crippen molar-refractivity contribution < 1.29 is 4.79 Å². The topological polar surface area (TPSA) is 78.1 Å². The molecule has 0 bridgehead atoms. The van der Waals surface area contributed by atoms with Crippen LogP contribution in [0.15, 0.2) is 34.6 Å². The number of benzene rings is 1. The summed E-state index contributed by atoms with van der Waals surface area (Å²) in [4.78, 5) is 21.5. The zero-order valence-corrected chi connectivity index (χ0v) is 16.8. The van der Waals surface area contributed by atoms with Gasteiger partial charge in [0, 0.05) is 17.0 Å². The van der Waals surface area contributed by atoms with Gasteiger partial charge in [0.25, 0.3) is 0 Å². The van der Waals surface area contributed by atoms with Crippen molar-refractivity contribution in [3.63, 3.8) is 0 Å². The van der Waals surface area contributed by atoms with E-state index in [2.05, 4.69) is 21.8 Å². The van der Waals surface area contributed by atoms with Crippen molar-refractivity contribution in [3.05, 3.63) is 51.5 Å². The monoisotopic (exact) mass is 392 g/mol. The molecule has 1 N–H and O–H groups in total. The fourth-order valence-corrected chi connectivity index (χ4v) is 5.36. The minimum absolute atomic E-state index is 0.0574. The Morgan fingerprint density at radius 3 is 2.64 bits per heavy atom. The van der Waals surface area contributed by atoms with Gasteiger partial charge in [-0.1, -0.05) is 38.3 Å². The number of urea groups is 1. The lowest BCUT2D eigenvalue weighted by atomic mass is 9.86. The molecular formula is C22H24N4OS. The molecule has 0 saturated heterocycles. The standard InChI is InChI=1S/C22H24N4OS/c1-2-17-19(21-24-18(13-28-21)15-6-4-3-5-7-15)20(26-22(27)25-17)16-10-8-14(12-23)9-11-16/h8-11,13,15,19-20H,2-7H2,1H3,(H,26,27). The summed E-state index contributed by atoms with van der Waals surface area (Å²) in [5, 5.41) is 15.3. The van der Waals surface area contributed by atoms with Crippen molar-refractivity contribution in [2.24, 2.45) is 4.99 Å². The molecule has 1 aliphatic carbocycles. The van der Waals surface area contributed by atoms with Gasteiger partial charge in [-0.2, -0.15) is 5.26 Å².